The van der Waals surface area contributed by atoms with Gasteiger partial charge in [-0.1, -0.05) is 74.1 Å². The van der Waals surface area contributed by atoms with Crippen LogP contribution in [0.2, 0.25) is 0 Å². The van der Waals surface area contributed by atoms with Crippen molar-refractivity contribution in [1.82, 2.24) is 4.98 Å². The lowest BCUT2D eigenvalue weighted by Gasteiger charge is -2.32. The van der Waals surface area contributed by atoms with E-state index in [9.17, 15) is 0 Å². The van der Waals surface area contributed by atoms with Gasteiger partial charge in [-0.25, -0.2) is 0 Å². The van der Waals surface area contributed by atoms with Gasteiger partial charge >= 0.3 is 0 Å². The van der Waals surface area contributed by atoms with E-state index >= 15 is 0 Å². The summed E-state index contributed by atoms with van der Waals surface area (Å²) >= 11 is 0. The lowest BCUT2D eigenvalue weighted by Crippen LogP contribution is -2.26. The van der Waals surface area contributed by atoms with E-state index < -0.39 is 0 Å². The molecule has 1 fully saturated rings. The normalized spacial score (nSPS) is 26.2. The summed E-state index contributed by atoms with van der Waals surface area (Å²) < 4.78 is 6.38. The summed E-state index contributed by atoms with van der Waals surface area (Å²) in [5.74, 6) is 2.12. The molecule has 3 atom stereocenters. The van der Waals surface area contributed by atoms with Crippen LogP contribution in [-0.4, -0.2) is 4.98 Å². The number of allylic oxidation sites excluding steroid dienone is 3. The summed E-state index contributed by atoms with van der Waals surface area (Å²) in [6.45, 7) is 4.99. The second kappa shape index (κ2) is 6.91. The van der Waals surface area contributed by atoms with Crippen molar-refractivity contribution in [2.75, 3.05) is 0 Å². The fourth-order valence-electron chi connectivity index (χ4n) is 7.96. The van der Waals surface area contributed by atoms with Crippen molar-refractivity contribution in [1.29, 1.82) is 0 Å². The molecule has 0 saturated heterocycles. The smallest absolute Gasteiger partial charge is 0.138 e. The highest BCUT2D eigenvalue weighted by atomic mass is 16.3. The molecule has 174 valence electrons. The molecule has 1 N–H and O–H groups in total. The summed E-state index contributed by atoms with van der Waals surface area (Å²) in [4.78, 5) is 3.86. The molecular weight excluding hydrogens is 426 g/mol. The number of para-hydroxylation sites is 1. The van der Waals surface area contributed by atoms with Crippen LogP contribution in [0.3, 0.4) is 0 Å². The van der Waals surface area contributed by atoms with Crippen LogP contribution >= 0.6 is 0 Å². The van der Waals surface area contributed by atoms with Gasteiger partial charge in [0.1, 0.15) is 11.0 Å². The van der Waals surface area contributed by atoms with E-state index in [0.29, 0.717) is 11.8 Å². The molecule has 35 heavy (non-hydrogen) atoms. The van der Waals surface area contributed by atoms with Crippen molar-refractivity contribution in [2.24, 2.45) is 23.2 Å². The summed E-state index contributed by atoms with van der Waals surface area (Å²) in [7, 11) is 0. The summed E-state index contributed by atoms with van der Waals surface area (Å²) in [6, 6.07) is 15.5. The van der Waals surface area contributed by atoms with Gasteiger partial charge < -0.3 is 9.40 Å². The fraction of sp³-hybridized carbons (Fsp3) is 0.333. The maximum absolute atomic E-state index is 6.38. The molecule has 1 saturated carbocycles. The molecular formula is C33H31NO. The number of nitrogens with one attached hydrogen (secondary N) is 1. The van der Waals surface area contributed by atoms with Crippen LogP contribution in [0.5, 0.6) is 0 Å². The summed E-state index contributed by atoms with van der Waals surface area (Å²) in [5, 5.41) is 3.86. The SMILES string of the molecule is CC1(C)C2=Cc3c([nH]c4cc(C5=c6oc7ccccc7c6=CCC5)ccc34)CC2C2C=CCCC21. The minimum absolute atomic E-state index is 0.285. The molecule has 3 unspecified atom stereocenters. The minimum atomic E-state index is 0.285. The number of aromatic nitrogens is 1. The summed E-state index contributed by atoms with van der Waals surface area (Å²) in [5.41, 5.74) is 10.7. The van der Waals surface area contributed by atoms with Crippen LogP contribution in [0.1, 0.15) is 56.4 Å². The van der Waals surface area contributed by atoms with E-state index in [1.807, 2.05) is 0 Å². The van der Waals surface area contributed by atoms with E-state index in [1.165, 1.54) is 56.7 Å². The van der Waals surface area contributed by atoms with Gasteiger partial charge in [0.15, 0.2) is 0 Å². The number of fused-ring (bicyclic) bond motifs is 9. The second-order valence-electron chi connectivity index (χ2n) is 11.7. The molecule has 4 aliphatic carbocycles. The average molecular weight is 458 g/mol. The first kappa shape index (κ1) is 20.0. The molecule has 2 heterocycles. The van der Waals surface area contributed by atoms with E-state index in [1.54, 1.807) is 5.57 Å². The Labute approximate surface area is 205 Å². The average Bonchev–Trinajstić information content (AvgIpc) is 3.51. The van der Waals surface area contributed by atoms with Crippen LogP contribution < -0.4 is 10.6 Å². The molecule has 2 nitrogen and oxygen atoms in total. The van der Waals surface area contributed by atoms with Gasteiger partial charge in [0.2, 0.25) is 0 Å². The van der Waals surface area contributed by atoms with Crippen LogP contribution in [-0.2, 0) is 6.42 Å². The first-order valence-corrected chi connectivity index (χ1v) is 13.3. The Kier molecular flexibility index (Phi) is 3.94. The van der Waals surface area contributed by atoms with Crippen molar-refractivity contribution < 1.29 is 4.42 Å². The molecule has 2 aromatic heterocycles. The van der Waals surface area contributed by atoms with Gasteiger partial charge in [0.05, 0.1) is 0 Å². The van der Waals surface area contributed by atoms with Crippen molar-refractivity contribution >= 4 is 39.6 Å². The molecule has 0 spiro atoms. The van der Waals surface area contributed by atoms with Gasteiger partial charge in [-0.2, -0.15) is 0 Å². The van der Waals surface area contributed by atoms with Gasteiger partial charge in [-0.15, -0.1) is 0 Å². The number of rotatable bonds is 1. The molecule has 2 heteroatoms. The number of benzene rings is 2. The van der Waals surface area contributed by atoms with E-state index in [2.05, 4.69) is 85.6 Å². The van der Waals surface area contributed by atoms with Crippen LogP contribution in [0.25, 0.3) is 39.6 Å². The molecule has 2 aromatic carbocycles. The maximum Gasteiger partial charge on any atom is 0.138 e. The maximum atomic E-state index is 6.38. The van der Waals surface area contributed by atoms with Crippen LogP contribution in [0.4, 0.5) is 0 Å². The number of hydrogen-bond donors (Lipinski definition) is 1. The van der Waals surface area contributed by atoms with Crippen molar-refractivity contribution in [3.8, 4) is 0 Å². The zero-order valence-electron chi connectivity index (χ0n) is 20.5. The zero-order chi connectivity index (χ0) is 23.3. The Bertz CT molecular complexity index is 1720. The summed E-state index contributed by atoms with van der Waals surface area (Å²) in [6.07, 6.45) is 15.7. The predicted molar refractivity (Wildman–Crippen MR) is 144 cm³/mol. The topological polar surface area (TPSA) is 28.9 Å². The highest BCUT2D eigenvalue weighted by Crippen LogP contribution is 2.60. The van der Waals surface area contributed by atoms with E-state index in [4.69, 9.17) is 4.42 Å². The largest absolute Gasteiger partial charge is 0.456 e. The highest BCUT2D eigenvalue weighted by molar-refractivity contribution is 5.94. The van der Waals surface area contributed by atoms with Crippen LogP contribution in [0, 0.1) is 23.2 Å². The molecule has 0 amide bonds. The Hall–Kier alpha value is -3.26. The van der Waals surface area contributed by atoms with Gasteiger partial charge in [-0.05, 0) is 73.0 Å². The Morgan fingerprint density at radius 3 is 2.89 bits per heavy atom. The first-order chi connectivity index (χ1) is 17.1. The molecule has 4 aliphatic rings. The number of aromatic amines is 1. The van der Waals surface area contributed by atoms with E-state index in [-0.39, 0.29) is 5.41 Å². The molecule has 0 radical (unpaired) electrons. The number of furan rings is 1. The van der Waals surface area contributed by atoms with Crippen LogP contribution in [0.15, 0.2) is 64.6 Å². The molecule has 8 rings (SSSR count). The number of hydrogen-bond acceptors (Lipinski definition) is 1. The van der Waals surface area contributed by atoms with Gasteiger partial charge in [0.25, 0.3) is 0 Å². The van der Waals surface area contributed by atoms with Gasteiger partial charge in [0, 0.05) is 38.3 Å². The predicted octanol–water partition coefficient (Wildman–Crippen LogP) is 6.87. The van der Waals surface area contributed by atoms with Crippen molar-refractivity contribution in [3.05, 3.63) is 87.6 Å². The molecule has 4 aromatic rings. The lowest BCUT2D eigenvalue weighted by molar-refractivity contribution is 0.237. The molecule has 0 aliphatic heterocycles. The standard InChI is InChI=1S/C33H31NO/c1-33(2)27-12-5-3-8-21(27)25-18-30-26(17-28(25)33)22-15-14-19(16-29(22)34-30)20-10-7-11-24-23-9-4-6-13-31(23)35-32(20)24/h3-4,6,8-9,11,13-17,21,25,27,34H,5,7,10,12,18H2,1-2H3. The quantitative estimate of drug-likeness (QED) is 0.311. The van der Waals surface area contributed by atoms with E-state index in [0.717, 1.165) is 36.2 Å². The fourth-order valence-corrected chi connectivity index (χ4v) is 7.96. The van der Waals surface area contributed by atoms with Crippen molar-refractivity contribution in [2.45, 2.75) is 46.0 Å². The zero-order valence-corrected chi connectivity index (χ0v) is 20.5. The Morgan fingerprint density at radius 1 is 1.03 bits per heavy atom. The first-order valence-electron chi connectivity index (χ1n) is 13.3. The lowest BCUT2D eigenvalue weighted by atomic mass is 9.72. The third kappa shape index (κ3) is 2.66. The third-order valence-corrected chi connectivity index (χ3v) is 9.65. The Morgan fingerprint density at radius 2 is 1.94 bits per heavy atom. The Balaban J connectivity index is 1.28. The number of H-pyrrole nitrogens is 1. The van der Waals surface area contributed by atoms with Crippen molar-refractivity contribution in [3.63, 3.8) is 0 Å². The highest BCUT2D eigenvalue weighted by Gasteiger charge is 2.52. The minimum Gasteiger partial charge on any atom is -0.456 e. The third-order valence-electron chi connectivity index (χ3n) is 9.65. The monoisotopic (exact) mass is 457 g/mol. The van der Waals surface area contributed by atoms with Gasteiger partial charge in [-0.3, -0.25) is 0 Å². The second-order valence-corrected chi connectivity index (χ2v) is 11.7. The molecule has 0 bridgehead atoms.